The molecule has 2 aromatic carbocycles. The summed E-state index contributed by atoms with van der Waals surface area (Å²) in [6, 6.07) is 16.8. The lowest BCUT2D eigenvalue weighted by atomic mass is 10.0. The second kappa shape index (κ2) is 8.97. The Morgan fingerprint density at radius 3 is 2.50 bits per heavy atom. The average Bonchev–Trinajstić information content (AvgIpc) is 3.17. The number of benzene rings is 2. The smallest absolute Gasteiger partial charge is 0.276 e. The highest BCUT2D eigenvalue weighted by atomic mass is 127. The molecule has 8 heteroatoms. The van der Waals surface area contributed by atoms with E-state index >= 15 is 0 Å². The van der Waals surface area contributed by atoms with E-state index in [2.05, 4.69) is 44.3 Å². The van der Waals surface area contributed by atoms with Crippen molar-refractivity contribution in [2.24, 2.45) is 0 Å². The second-order valence-corrected chi connectivity index (χ2v) is 7.07. The number of amides is 2. The summed E-state index contributed by atoms with van der Waals surface area (Å²) in [5, 5.41) is 0. The van der Waals surface area contributed by atoms with E-state index in [0.29, 0.717) is 12.2 Å². The van der Waals surface area contributed by atoms with Crippen LogP contribution in [-0.4, -0.2) is 24.5 Å². The van der Waals surface area contributed by atoms with E-state index in [0.717, 1.165) is 9.13 Å². The number of carbonyl (C=O) groups is 2. The molecule has 0 aromatic heterocycles. The van der Waals surface area contributed by atoms with Gasteiger partial charge in [0.25, 0.3) is 11.8 Å². The predicted octanol–water partition coefficient (Wildman–Crippen LogP) is 1.43. The minimum Gasteiger partial charge on any atom is -0.484 e. The van der Waals surface area contributed by atoms with Crippen LogP contribution in [0.1, 0.15) is 18.0 Å². The molecule has 2 unspecified atom stereocenters. The first-order valence-corrected chi connectivity index (χ1v) is 9.23. The van der Waals surface area contributed by atoms with Gasteiger partial charge in [-0.15, -0.1) is 0 Å². The van der Waals surface area contributed by atoms with Gasteiger partial charge in [0.2, 0.25) is 0 Å². The number of hydrazine groups is 2. The van der Waals surface area contributed by atoms with Gasteiger partial charge in [0, 0.05) is 9.61 Å². The fraction of sp³-hybridized carbons (Fsp3) is 0.222. The minimum atomic E-state index is -0.433. The zero-order valence-corrected chi connectivity index (χ0v) is 16.0. The standard InChI is InChI=1S/C18H19IN4O3/c19-13-6-8-14(9-7-13)26-11-17(24)22-23-18(25)16-10-15(20-21-16)12-4-2-1-3-5-12/h1-9,15-16,20-21H,10-11H2,(H,22,24)(H,23,25). The molecular formula is C18H19IN4O3. The van der Waals surface area contributed by atoms with Crippen LogP contribution < -0.4 is 26.4 Å². The fourth-order valence-electron chi connectivity index (χ4n) is 2.57. The zero-order valence-electron chi connectivity index (χ0n) is 13.9. The first kappa shape index (κ1) is 18.6. The predicted molar refractivity (Wildman–Crippen MR) is 105 cm³/mol. The molecule has 1 aliphatic heterocycles. The highest BCUT2D eigenvalue weighted by Gasteiger charge is 2.30. The van der Waals surface area contributed by atoms with E-state index in [1.54, 1.807) is 12.1 Å². The summed E-state index contributed by atoms with van der Waals surface area (Å²) in [7, 11) is 0. The Morgan fingerprint density at radius 2 is 1.77 bits per heavy atom. The molecule has 4 N–H and O–H groups in total. The van der Waals surface area contributed by atoms with Gasteiger partial charge in [0.05, 0.1) is 0 Å². The van der Waals surface area contributed by atoms with Crippen LogP contribution in [-0.2, 0) is 9.59 Å². The molecule has 0 bridgehead atoms. The molecule has 1 saturated heterocycles. The highest BCUT2D eigenvalue weighted by molar-refractivity contribution is 14.1. The van der Waals surface area contributed by atoms with Crippen LogP contribution in [0.3, 0.4) is 0 Å². The lowest BCUT2D eigenvalue weighted by Crippen LogP contribution is -2.51. The lowest BCUT2D eigenvalue weighted by molar-refractivity contribution is -0.130. The van der Waals surface area contributed by atoms with Gasteiger partial charge < -0.3 is 4.74 Å². The monoisotopic (exact) mass is 466 g/mol. The normalized spacial score (nSPS) is 19.0. The van der Waals surface area contributed by atoms with Gasteiger partial charge in [-0.3, -0.25) is 20.4 Å². The molecule has 136 valence electrons. The van der Waals surface area contributed by atoms with Crippen LogP contribution in [0.15, 0.2) is 54.6 Å². The van der Waals surface area contributed by atoms with Crippen LogP contribution in [0.25, 0.3) is 0 Å². The second-order valence-electron chi connectivity index (χ2n) is 5.82. The number of hydrogen-bond acceptors (Lipinski definition) is 5. The Bertz CT molecular complexity index is 755. The number of hydrogen-bond donors (Lipinski definition) is 4. The maximum Gasteiger partial charge on any atom is 0.276 e. The van der Waals surface area contributed by atoms with Crippen LogP contribution >= 0.6 is 22.6 Å². The van der Waals surface area contributed by atoms with Crippen molar-refractivity contribution in [3.05, 3.63) is 63.7 Å². The fourth-order valence-corrected chi connectivity index (χ4v) is 2.93. The van der Waals surface area contributed by atoms with E-state index in [1.165, 1.54) is 0 Å². The first-order valence-electron chi connectivity index (χ1n) is 8.15. The Labute approximate surface area is 165 Å². The SMILES string of the molecule is O=C(COc1ccc(I)cc1)NNC(=O)C1CC(c2ccccc2)NN1. The summed E-state index contributed by atoms with van der Waals surface area (Å²) in [6.07, 6.45) is 0.588. The van der Waals surface area contributed by atoms with Gasteiger partial charge in [0.15, 0.2) is 6.61 Å². The van der Waals surface area contributed by atoms with Crippen molar-refractivity contribution in [3.63, 3.8) is 0 Å². The van der Waals surface area contributed by atoms with Crippen LogP contribution in [0.2, 0.25) is 0 Å². The van der Waals surface area contributed by atoms with Crippen LogP contribution in [0, 0.1) is 3.57 Å². The summed E-state index contributed by atoms with van der Waals surface area (Å²) in [4.78, 5) is 24.0. The van der Waals surface area contributed by atoms with E-state index in [-0.39, 0.29) is 18.6 Å². The Balaban J connectivity index is 1.40. The summed E-state index contributed by atoms with van der Waals surface area (Å²) >= 11 is 2.19. The number of rotatable bonds is 5. The van der Waals surface area contributed by atoms with Gasteiger partial charge in [0.1, 0.15) is 11.8 Å². The Morgan fingerprint density at radius 1 is 1.04 bits per heavy atom. The number of halogens is 1. The molecule has 2 atom stereocenters. The lowest BCUT2D eigenvalue weighted by Gasteiger charge is -2.12. The first-order chi connectivity index (χ1) is 12.6. The molecule has 1 aliphatic rings. The van der Waals surface area contributed by atoms with Crippen LogP contribution in [0.4, 0.5) is 0 Å². The molecule has 0 radical (unpaired) electrons. The summed E-state index contributed by atoms with van der Waals surface area (Å²) in [5.74, 6) is -0.139. The minimum absolute atomic E-state index is 0.0480. The molecule has 1 fully saturated rings. The van der Waals surface area contributed by atoms with Crippen molar-refractivity contribution in [2.75, 3.05) is 6.61 Å². The average molecular weight is 466 g/mol. The quantitative estimate of drug-likeness (QED) is 0.396. The summed E-state index contributed by atoms with van der Waals surface area (Å²) < 4.78 is 6.44. The van der Waals surface area contributed by atoms with E-state index in [4.69, 9.17) is 4.74 Å². The van der Waals surface area contributed by atoms with E-state index in [9.17, 15) is 9.59 Å². The number of ether oxygens (including phenoxy) is 1. The molecule has 1 heterocycles. The molecule has 0 aliphatic carbocycles. The summed E-state index contributed by atoms with van der Waals surface area (Å²) in [6.45, 7) is -0.177. The molecule has 3 rings (SSSR count). The zero-order chi connectivity index (χ0) is 18.4. The van der Waals surface area contributed by atoms with E-state index < -0.39 is 11.9 Å². The maximum absolute atomic E-state index is 12.2. The topological polar surface area (TPSA) is 91.5 Å². The van der Waals surface area contributed by atoms with Crippen molar-refractivity contribution >= 4 is 34.4 Å². The van der Waals surface area contributed by atoms with Crippen molar-refractivity contribution in [2.45, 2.75) is 18.5 Å². The number of nitrogens with one attached hydrogen (secondary N) is 4. The Kier molecular flexibility index (Phi) is 6.42. The molecule has 0 saturated carbocycles. The highest BCUT2D eigenvalue weighted by Crippen LogP contribution is 2.21. The molecule has 7 nitrogen and oxygen atoms in total. The van der Waals surface area contributed by atoms with Crippen molar-refractivity contribution in [1.29, 1.82) is 0 Å². The molecule has 26 heavy (non-hydrogen) atoms. The van der Waals surface area contributed by atoms with Crippen LogP contribution in [0.5, 0.6) is 5.75 Å². The third kappa shape index (κ3) is 5.16. The number of carbonyl (C=O) groups excluding carboxylic acids is 2. The van der Waals surface area contributed by atoms with E-state index in [1.807, 2.05) is 42.5 Å². The van der Waals surface area contributed by atoms with Gasteiger partial charge >= 0.3 is 0 Å². The molecule has 2 amide bonds. The van der Waals surface area contributed by atoms with Gasteiger partial charge in [-0.05, 0) is 58.8 Å². The van der Waals surface area contributed by atoms with Gasteiger partial charge in [-0.1, -0.05) is 30.3 Å². The van der Waals surface area contributed by atoms with Crippen molar-refractivity contribution in [3.8, 4) is 5.75 Å². The summed E-state index contributed by atoms with van der Waals surface area (Å²) in [5.41, 5.74) is 11.9. The molecular weight excluding hydrogens is 447 g/mol. The third-order valence-electron chi connectivity index (χ3n) is 3.93. The maximum atomic E-state index is 12.2. The largest absolute Gasteiger partial charge is 0.484 e. The van der Waals surface area contributed by atoms with Gasteiger partial charge in [-0.2, -0.15) is 0 Å². The Hall–Kier alpha value is -2.17. The molecule has 2 aromatic rings. The molecule has 0 spiro atoms. The third-order valence-corrected chi connectivity index (χ3v) is 4.65. The van der Waals surface area contributed by atoms with Gasteiger partial charge in [-0.25, -0.2) is 10.9 Å². The van der Waals surface area contributed by atoms with Crippen molar-refractivity contribution in [1.82, 2.24) is 21.7 Å². The van der Waals surface area contributed by atoms with Crippen molar-refractivity contribution < 1.29 is 14.3 Å².